The van der Waals surface area contributed by atoms with Crippen LogP contribution in [-0.4, -0.2) is 17.5 Å². The minimum atomic E-state index is 0.0858. The molecular weight excluding hydrogens is 212 g/mol. The third kappa shape index (κ3) is 1.39. The van der Waals surface area contributed by atoms with Gasteiger partial charge in [0.05, 0.1) is 11.7 Å². The minimum absolute atomic E-state index is 0.0858. The van der Waals surface area contributed by atoms with Gasteiger partial charge in [0.1, 0.15) is 5.78 Å². The van der Waals surface area contributed by atoms with Crippen LogP contribution in [0.4, 0.5) is 0 Å². The number of carbonyl (C=O) groups excluding carboxylic acids is 1. The highest BCUT2D eigenvalue weighted by Crippen LogP contribution is 2.71. The van der Waals surface area contributed by atoms with Gasteiger partial charge in [0.15, 0.2) is 0 Å². The van der Waals surface area contributed by atoms with E-state index < -0.39 is 0 Å². The summed E-state index contributed by atoms with van der Waals surface area (Å²) in [5, 5.41) is 0. The molecule has 2 nitrogen and oxygen atoms in total. The van der Waals surface area contributed by atoms with Gasteiger partial charge in [0.25, 0.3) is 0 Å². The highest BCUT2D eigenvalue weighted by Gasteiger charge is 2.74. The molecule has 2 heteroatoms. The van der Waals surface area contributed by atoms with Gasteiger partial charge in [0, 0.05) is 12.3 Å². The summed E-state index contributed by atoms with van der Waals surface area (Å²) >= 11 is 0. The van der Waals surface area contributed by atoms with Crippen molar-refractivity contribution in [1.82, 2.24) is 0 Å². The van der Waals surface area contributed by atoms with Crippen LogP contribution in [0.15, 0.2) is 0 Å². The predicted octanol–water partition coefficient (Wildman–Crippen LogP) is 3.20. The molecule has 1 saturated heterocycles. The maximum atomic E-state index is 11.8. The van der Waals surface area contributed by atoms with E-state index in [0.717, 1.165) is 12.3 Å². The Kier molecular flexibility index (Phi) is 2.30. The second-order valence-electron chi connectivity index (χ2n) is 7.03. The second-order valence-corrected chi connectivity index (χ2v) is 7.03. The Morgan fingerprint density at radius 1 is 1.41 bits per heavy atom. The Labute approximate surface area is 104 Å². The third-order valence-electron chi connectivity index (χ3n) is 5.93. The van der Waals surface area contributed by atoms with Crippen molar-refractivity contribution in [3.05, 3.63) is 0 Å². The summed E-state index contributed by atoms with van der Waals surface area (Å²) in [6.07, 6.45) is 4.67. The highest BCUT2D eigenvalue weighted by atomic mass is 16.6. The molecule has 0 spiro atoms. The summed E-state index contributed by atoms with van der Waals surface area (Å²) < 4.78 is 6.07. The number of hydrogen-bond donors (Lipinski definition) is 0. The highest BCUT2D eigenvalue weighted by molar-refractivity contribution is 5.80. The fourth-order valence-electron chi connectivity index (χ4n) is 4.55. The zero-order valence-electron chi connectivity index (χ0n) is 11.5. The van der Waals surface area contributed by atoms with Crippen LogP contribution in [0.2, 0.25) is 0 Å². The fraction of sp³-hybridized carbons (Fsp3) is 0.933. The first-order valence-electron chi connectivity index (χ1n) is 7.12. The molecule has 17 heavy (non-hydrogen) atoms. The van der Waals surface area contributed by atoms with Crippen LogP contribution in [-0.2, 0) is 9.53 Å². The number of ketones is 1. The average molecular weight is 236 g/mol. The third-order valence-corrected chi connectivity index (χ3v) is 5.93. The van der Waals surface area contributed by atoms with Crippen LogP contribution in [0.3, 0.4) is 0 Å². The number of Topliss-reactive ketones (excluding diaryl/α,β-unsaturated/α-hetero) is 1. The van der Waals surface area contributed by atoms with Crippen molar-refractivity contribution in [3.8, 4) is 0 Å². The molecule has 0 aromatic rings. The number of ether oxygens (including phenoxy) is 1. The van der Waals surface area contributed by atoms with E-state index in [-0.39, 0.29) is 11.5 Å². The molecule has 3 saturated carbocycles. The molecule has 0 N–H and O–H groups in total. The normalized spacial score (nSPS) is 46.7. The maximum absolute atomic E-state index is 11.8. The van der Waals surface area contributed by atoms with Crippen LogP contribution in [0.5, 0.6) is 0 Å². The van der Waals surface area contributed by atoms with Gasteiger partial charge in [0.2, 0.25) is 0 Å². The zero-order valence-corrected chi connectivity index (χ0v) is 11.5. The molecule has 4 rings (SSSR count). The zero-order chi connectivity index (χ0) is 12.4. The second kappa shape index (κ2) is 3.34. The Balaban J connectivity index is 1.74. The van der Waals surface area contributed by atoms with E-state index in [1.54, 1.807) is 0 Å². The van der Waals surface area contributed by atoms with Gasteiger partial charge in [-0.1, -0.05) is 27.7 Å². The standard InChI is InChI=1S/C15H24O2/c1-5-11(16)9(2)8-15-12-6-10(14(12,3)4)7-13(15)17-15/h9-10,12-13H,5-8H2,1-4H3/t9-,10-,12-,13+,15-/m1/s1. The van der Waals surface area contributed by atoms with Gasteiger partial charge in [-0.2, -0.15) is 0 Å². The molecule has 5 atom stereocenters. The molecule has 0 unspecified atom stereocenters. The molecule has 3 aliphatic carbocycles. The SMILES string of the molecule is CCC(=O)[C@H](C)C[C@]12O[C@H]1C[C@H]1C[C@@H]2C1(C)C. The molecule has 0 radical (unpaired) electrons. The van der Waals surface area contributed by atoms with E-state index in [0.29, 0.717) is 29.6 Å². The number of epoxide rings is 1. The first-order valence-corrected chi connectivity index (χ1v) is 7.12. The van der Waals surface area contributed by atoms with E-state index in [9.17, 15) is 4.79 Å². The first kappa shape index (κ1) is 11.7. The minimum Gasteiger partial charge on any atom is -0.366 e. The van der Waals surface area contributed by atoms with Crippen molar-refractivity contribution >= 4 is 5.78 Å². The van der Waals surface area contributed by atoms with Crippen LogP contribution in [0, 0.1) is 23.2 Å². The van der Waals surface area contributed by atoms with Crippen LogP contribution < -0.4 is 0 Å². The van der Waals surface area contributed by atoms with Crippen molar-refractivity contribution in [1.29, 1.82) is 0 Å². The molecule has 2 bridgehead atoms. The van der Waals surface area contributed by atoms with Gasteiger partial charge in [-0.25, -0.2) is 0 Å². The molecule has 4 aliphatic rings. The number of hydrogen-bond acceptors (Lipinski definition) is 2. The van der Waals surface area contributed by atoms with Gasteiger partial charge in [-0.15, -0.1) is 0 Å². The number of rotatable bonds is 4. The summed E-state index contributed by atoms with van der Waals surface area (Å²) in [5.41, 5.74) is 0.532. The summed E-state index contributed by atoms with van der Waals surface area (Å²) in [4.78, 5) is 11.8. The molecule has 1 heterocycles. The monoisotopic (exact) mass is 236 g/mol. The Morgan fingerprint density at radius 2 is 2.12 bits per heavy atom. The van der Waals surface area contributed by atoms with Crippen molar-refractivity contribution in [3.63, 3.8) is 0 Å². The molecule has 4 fully saturated rings. The maximum Gasteiger partial charge on any atom is 0.135 e. The quantitative estimate of drug-likeness (QED) is 0.702. The Hall–Kier alpha value is -0.370. The topological polar surface area (TPSA) is 29.6 Å². The van der Waals surface area contributed by atoms with E-state index in [1.807, 2.05) is 6.92 Å². The number of carbonyl (C=O) groups is 1. The largest absolute Gasteiger partial charge is 0.366 e. The Morgan fingerprint density at radius 3 is 2.71 bits per heavy atom. The fourth-order valence-corrected chi connectivity index (χ4v) is 4.55. The molecule has 0 amide bonds. The summed E-state index contributed by atoms with van der Waals surface area (Å²) in [6.45, 7) is 8.82. The van der Waals surface area contributed by atoms with Gasteiger partial charge in [-0.3, -0.25) is 4.79 Å². The summed E-state index contributed by atoms with van der Waals surface area (Å²) in [7, 11) is 0. The van der Waals surface area contributed by atoms with Gasteiger partial charge in [-0.05, 0) is 36.5 Å². The van der Waals surface area contributed by atoms with Crippen LogP contribution in [0.25, 0.3) is 0 Å². The molecular formula is C15H24O2. The average Bonchev–Trinajstić information content (AvgIpc) is 3.00. The lowest BCUT2D eigenvalue weighted by Gasteiger charge is -2.58. The van der Waals surface area contributed by atoms with Crippen LogP contribution in [0.1, 0.15) is 53.4 Å². The van der Waals surface area contributed by atoms with Crippen molar-refractivity contribution in [2.45, 2.75) is 65.1 Å². The van der Waals surface area contributed by atoms with Gasteiger partial charge >= 0.3 is 0 Å². The van der Waals surface area contributed by atoms with Crippen molar-refractivity contribution in [2.24, 2.45) is 23.2 Å². The van der Waals surface area contributed by atoms with Crippen molar-refractivity contribution < 1.29 is 9.53 Å². The lowest BCUT2D eigenvalue weighted by Crippen LogP contribution is -2.57. The molecule has 96 valence electrons. The van der Waals surface area contributed by atoms with Crippen molar-refractivity contribution in [2.75, 3.05) is 0 Å². The molecule has 0 aromatic carbocycles. The summed E-state index contributed by atoms with van der Waals surface area (Å²) in [6, 6.07) is 0. The smallest absolute Gasteiger partial charge is 0.135 e. The lowest BCUT2D eigenvalue weighted by molar-refractivity contribution is -0.125. The first-order chi connectivity index (χ1) is 7.91. The van der Waals surface area contributed by atoms with E-state index in [2.05, 4.69) is 20.8 Å². The van der Waals surface area contributed by atoms with E-state index in [4.69, 9.17) is 4.74 Å². The molecule has 1 aliphatic heterocycles. The van der Waals surface area contributed by atoms with E-state index in [1.165, 1.54) is 12.8 Å². The lowest BCUT2D eigenvalue weighted by atomic mass is 9.45. The summed E-state index contributed by atoms with van der Waals surface area (Å²) in [5.74, 6) is 2.14. The van der Waals surface area contributed by atoms with Gasteiger partial charge < -0.3 is 4.74 Å². The molecule has 0 aromatic heterocycles. The predicted molar refractivity (Wildman–Crippen MR) is 66.7 cm³/mol. The van der Waals surface area contributed by atoms with Crippen LogP contribution >= 0.6 is 0 Å². The van der Waals surface area contributed by atoms with E-state index >= 15 is 0 Å². The Bertz CT molecular complexity index is 360.